The van der Waals surface area contributed by atoms with Gasteiger partial charge in [-0.1, -0.05) is 68.2 Å². The molecule has 0 radical (unpaired) electrons. The molecule has 108 valence electrons. The fraction of sp³-hybridized carbons (Fsp3) is 0.375. The molecule has 1 N–H and O–H groups in total. The zero-order chi connectivity index (χ0) is 14.7. The van der Waals surface area contributed by atoms with Crippen molar-refractivity contribution >= 4 is 34.5 Å². The lowest BCUT2D eigenvalue weighted by Crippen LogP contribution is -2.21. The molecule has 1 aromatic heterocycles. The Morgan fingerprint density at radius 3 is 2.15 bits per heavy atom. The molecule has 4 heteroatoms. The first-order chi connectivity index (χ1) is 9.52. The predicted octanol–water partition coefficient (Wildman–Crippen LogP) is 5.88. The monoisotopic (exact) mass is 327 g/mol. The summed E-state index contributed by atoms with van der Waals surface area (Å²) < 4.78 is 1.49. The average molecular weight is 328 g/mol. The summed E-state index contributed by atoms with van der Waals surface area (Å²) in [6, 6.07) is 10.8. The van der Waals surface area contributed by atoms with E-state index in [1.807, 2.05) is 6.07 Å². The van der Waals surface area contributed by atoms with Gasteiger partial charge in [-0.05, 0) is 29.7 Å². The van der Waals surface area contributed by atoms with Gasteiger partial charge in [-0.15, -0.1) is 11.3 Å². The van der Waals surface area contributed by atoms with Gasteiger partial charge in [0.05, 0.1) is 14.7 Å². The summed E-state index contributed by atoms with van der Waals surface area (Å²) in [5.74, 6) is 0.542. The predicted molar refractivity (Wildman–Crippen MR) is 90.4 cm³/mol. The Morgan fingerprint density at radius 1 is 1.10 bits per heavy atom. The lowest BCUT2D eigenvalue weighted by molar-refractivity contribution is 0.632. The van der Waals surface area contributed by atoms with E-state index in [9.17, 15) is 0 Å². The first kappa shape index (κ1) is 15.8. The number of hydrogen-bond donors (Lipinski definition) is 1. The Bertz CT molecular complexity index is 560. The summed E-state index contributed by atoms with van der Waals surface area (Å²) in [6.45, 7) is 7.37. The molecule has 0 saturated carbocycles. The Morgan fingerprint density at radius 2 is 1.70 bits per heavy atom. The minimum atomic E-state index is 0.0949. The Kier molecular flexibility index (Phi) is 5.50. The van der Waals surface area contributed by atoms with Crippen molar-refractivity contribution in [2.45, 2.75) is 32.7 Å². The highest BCUT2D eigenvalue weighted by molar-refractivity contribution is 7.20. The molecule has 0 fully saturated rings. The second-order valence-corrected chi connectivity index (χ2v) is 7.38. The van der Waals surface area contributed by atoms with Crippen LogP contribution in [0.15, 0.2) is 30.3 Å². The number of rotatable bonds is 5. The van der Waals surface area contributed by atoms with Crippen molar-refractivity contribution in [3.8, 4) is 0 Å². The smallest absolute Gasteiger partial charge is 0.0995 e. The fourth-order valence-corrected chi connectivity index (χ4v) is 3.77. The molecule has 0 aliphatic rings. The molecule has 2 rings (SSSR count). The molecule has 0 aliphatic carbocycles. The maximum atomic E-state index is 6.30. The van der Waals surface area contributed by atoms with E-state index in [0.717, 1.165) is 20.8 Å². The molecule has 0 bridgehead atoms. The Labute approximate surface area is 134 Å². The zero-order valence-corrected chi connectivity index (χ0v) is 14.2. The third kappa shape index (κ3) is 3.56. The second kappa shape index (κ2) is 6.95. The number of nitrogens with one attached hydrogen (secondary N) is 1. The molecule has 1 aromatic carbocycles. The van der Waals surface area contributed by atoms with Gasteiger partial charge in [-0.3, -0.25) is 0 Å². The molecule has 1 unspecified atom stereocenters. The van der Waals surface area contributed by atoms with Crippen LogP contribution in [0.25, 0.3) is 0 Å². The minimum Gasteiger partial charge on any atom is -0.306 e. The molecule has 20 heavy (non-hydrogen) atoms. The minimum absolute atomic E-state index is 0.0949. The van der Waals surface area contributed by atoms with Gasteiger partial charge in [-0.2, -0.15) is 0 Å². The molecule has 2 aromatic rings. The van der Waals surface area contributed by atoms with Gasteiger partial charge in [0.15, 0.2) is 0 Å². The van der Waals surface area contributed by atoms with Crippen molar-refractivity contribution in [3.05, 3.63) is 55.7 Å². The van der Waals surface area contributed by atoms with E-state index in [0.29, 0.717) is 5.92 Å². The molecule has 1 heterocycles. The topological polar surface area (TPSA) is 12.0 Å². The van der Waals surface area contributed by atoms with E-state index in [-0.39, 0.29) is 6.04 Å². The first-order valence-corrected chi connectivity index (χ1v) is 8.38. The van der Waals surface area contributed by atoms with Crippen LogP contribution in [0.5, 0.6) is 0 Å². The fourth-order valence-electron chi connectivity index (χ4n) is 2.23. The molecule has 0 spiro atoms. The van der Waals surface area contributed by atoms with Crippen LogP contribution in [0.1, 0.15) is 49.4 Å². The summed E-state index contributed by atoms with van der Waals surface area (Å²) in [5, 5.41) is 3.48. The lowest BCUT2D eigenvalue weighted by atomic mass is 9.96. The van der Waals surface area contributed by atoms with E-state index in [1.165, 1.54) is 22.5 Å². The van der Waals surface area contributed by atoms with Gasteiger partial charge in [-0.25, -0.2) is 0 Å². The van der Waals surface area contributed by atoms with Crippen LogP contribution in [-0.2, 0) is 0 Å². The number of benzene rings is 1. The summed E-state index contributed by atoms with van der Waals surface area (Å²) in [4.78, 5) is 0. The van der Waals surface area contributed by atoms with Crippen molar-refractivity contribution in [2.75, 3.05) is 6.54 Å². The Hall–Kier alpha value is -0.540. The largest absolute Gasteiger partial charge is 0.306 e. The quantitative estimate of drug-likeness (QED) is 0.723. The molecular weight excluding hydrogens is 309 g/mol. The van der Waals surface area contributed by atoms with Crippen LogP contribution >= 0.6 is 34.5 Å². The van der Waals surface area contributed by atoms with Crippen LogP contribution in [0, 0.1) is 0 Å². The van der Waals surface area contributed by atoms with Gasteiger partial charge in [0.1, 0.15) is 0 Å². The summed E-state index contributed by atoms with van der Waals surface area (Å²) >= 11 is 13.8. The van der Waals surface area contributed by atoms with Crippen LogP contribution in [-0.4, -0.2) is 6.54 Å². The average Bonchev–Trinajstić information content (AvgIpc) is 2.75. The van der Waals surface area contributed by atoms with E-state index in [4.69, 9.17) is 23.2 Å². The van der Waals surface area contributed by atoms with E-state index >= 15 is 0 Å². The number of hydrogen-bond acceptors (Lipinski definition) is 2. The van der Waals surface area contributed by atoms with Crippen molar-refractivity contribution in [3.63, 3.8) is 0 Å². The van der Waals surface area contributed by atoms with Crippen LogP contribution in [0.2, 0.25) is 8.67 Å². The van der Waals surface area contributed by atoms with Gasteiger partial charge >= 0.3 is 0 Å². The summed E-state index contributed by atoms with van der Waals surface area (Å²) in [7, 11) is 0. The summed E-state index contributed by atoms with van der Waals surface area (Å²) in [5.41, 5.74) is 3.62. The molecule has 1 nitrogen and oxygen atoms in total. The second-order valence-electron chi connectivity index (χ2n) is 5.09. The lowest BCUT2D eigenvalue weighted by Gasteiger charge is -2.19. The van der Waals surface area contributed by atoms with Crippen LogP contribution < -0.4 is 5.32 Å². The first-order valence-electron chi connectivity index (χ1n) is 6.80. The van der Waals surface area contributed by atoms with Gasteiger partial charge < -0.3 is 5.32 Å². The maximum Gasteiger partial charge on any atom is 0.0995 e. The highest BCUT2D eigenvalue weighted by Crippen LogP contribution is 2.37. The third-order valence-electron chi connectivity index (χ3n) is 3.34. The standard InChI is InChI=1S/C16H19Cl2NS/c1-4-19-15(13-9-14(17)20-16(13)18)12-7-5-11(6-8-12)10(2)3/h5-10,15,19H,4H2,1-3H3. The van der Waals surface area contributed by atoms with Crippen LogP contribution in [0.4, 0.5) is 0 Å². The SMILES string of the molecule is CCNC(c1ccc(C(C)C)cc1)c1cc(Cl)sc1Cl. The van der Waals surface area contributed by atoms with Crippen molar-refractivity contribution in [1.29, 1.82) is 0 Å². The summed E-state index contributed by atoms with van der Waals surface area (Å²) in [6.07, 6.45) is 0. The molecule has 0 amide bonds. The molecule has 0 aliphatic heterocycles. The Balaban J connectivity index is 2.35. The normalized spacial score (nSPS) is 12.9. The van der Waals surface area contributed by atoms with Crippen molar-refractivity contribution in [1.82, 2.24) is 5.32 Å². The number of thiophene rings is 1. The number of halogens is 2. The van der Waals surface area contributed by atoms with E-state index < -0.39 is 0 Å². The third-order valence-corrected chi connectivity index (χ3v) is 4.86. The zero-order valence-electron chi connectivity index (χ0n) is 11.9. The maximum absolute atomic E-state index is 6.30. The highest BCUT2D eigenvalue weighted by atomic mass is 35.5. The van der Waals surface area contributed by atoms with Crippen molar-refractivity contribution < 1.29 is 0 Å². The molecule has 1 atom stereocenters. The van der Waals surface area contributed by atoms with Gasteiger partial charge in [0, 0.05) is 5.56 Å². The van der Waals surface area contributed by atoms with Gasteiger partial charge in [0.25, 0.3) is 0 Å². The van der Waals surface area contributed by atoms with Crippen molar-refractivity contribution in [2.24, 2.45) is 0 Å². The molecule has 0 saturated heterocycles. The van der Waals surface area contributed by atoms with Gasteiger partial charge in [0.2, 0.25) is 0 Å². The van der Waals surface area contributed by atoms with E-state index in [2.05, 4.69) is 50.4 Å². The van der Waals surface area contributed by atoms with E-state index in [1.54, 1.807) is 0 Å². The van der Waals surface area contributed by atoms with Crippen LogP contribution in [0.3, 0.4) is 0 Å². The molecular formula is C16H19Cl2NS. The highest BCUT2D eigenvalue weighted by Gasteiger charge is 2.18.